The van der Waals surface area contributed by atoms with Crippen LogP contribution in [0.4, 0.5) is 8.78 Å². The van der Waals surface area contributed by atoms with Gasteiger partial charge in [0, 0.05) is 13.1 Å². The zero-order valence-electron chi connectivity index (χ0n) is 12.1. The Morgan fingerprint density at radius 1 is 1.43 bits per heavy atom. The minimum atomic E-state index is -3.86. The molecule has 1 amide bonds. The predicted molar refractivity (Wildman–Crippen MR) is 80.2 cm³/mol. The molecule has 1 aromatic heterocycles. The number of amides is 1. The average molecular weight is 369 g/mol. The molecule has 1 aliphatic rings. The highest BCUT2D eigenvalue weighted by molar-refractivity contribution is 7.89. The lowest BCUT2D eigenvalue weighted by atomic mass is 10.3. The van der Waals surface area contributed by atoms with Crippen molar-refractivity contribution in [3.63, 3.8) is 0 Å². The summed E-state index contributed by atoms with van der Waals surface area (Å²) in [6.45, 7) is -0.940. The van der Waals surface area contributed by atoms with Crippen LogP contribution in [0.3, 0.4) is 0 Å². The second kappa shape index (κ2) is 7.18. The highest BCUT2D eigenvalue weighted by Crippen LogP contribution is 2.26. The maximum atomic E-state index is 13.1. The molecule has 0 aliphatic carbocycles. The van der Waals surface area contributed by atoms with Crippen molar-refractivity contribution in [3.8, 4) is 0 Å². The maximum Gasteiger partial charge on any atom is 0.277 e. The van der Waals surface area contributed by atoms with Gasteiger partial charge in [-0.3, -0.25) is 4.79 Å². The molecular formula is C12H17F2N3O4S2. The third kappa shape index (κ3) is 4.23. The van der Waals surface area contributed by atoms with Gasteiger partial charge in [-0.25, -0.2) is 17.2 Å². The summed E-state index contributed by atoms with van der Waals surface area (Å²) in [5.41, 5.74) is 4.89. The van der Waals surface area contributed by atoms with Gasteiger partial charge in [-0.05, 0) is 11.4 Å². The quantitative estimate of drug-likeness (QED) is 0.740. The lowest BCUT2D eigenvalue weighted by Crippen LogP contribution is -2.43. The Bertz CT molecular complexity index is 657. The molecule has 2 rings (SSSR count). The van der Waals surface area contributed by atoms with Crippen LogP contribution in [0, 0.1) is 0 Å². The van der Waals surface area contributed by atoms with Crippen molar-refractivity contribution in [3.05, 3.63) is 16.3 Å². The zero-order chi connectivity index (χ0) is 17.1. The van der Waals surface area contributed by atoms with Gasteiger partial charge in [0.25, 0.3) is 11.8 Å². The van der Waals surface area contributed by atoms with E-state index < -0.39 is 34.9 Å². The fourth-order valence-electron chi connectivity index (χ4n) is 1.95. The predicted octanol–water partition coefficient (Wildman–Crippen LogP) is 0.0928. The van der Waals surface area contributed by atoms with Gasteiger partial charge < -0.3 is 15.8 Å². The average Bonchev–Trinajstić information content (AvgIpc) is 3.04. The lowest BCUT2D eigenvalue weighted by Gasteiger charge is -2.26. The summed E-state index contributed by atoms with van der Waals surface area (Å²) in [6, 6.07) is 1.30. The van der Waals surface area contributed by atoms with E-state index in [0.717, 1.165) is 11.3 Å². The topological polar surface area (TPSA) is 102 Å². The monoisotopic (exact) mass is 369 g/mol. The van der Waals surface area contributed by atoms with Crippen LogP contribution in [0.25, 0.3) is 0 Å². The molecule has 1 aliphatic heterocycles. The number of sulfonamides is 1. The van der Waals surface area contributed by atoms with Crippen molar-refractivity contribution in [1.29, 1.82) is 0 Å². The Morgan fingerprint density at radius 3 is 2.70 bits per heavy atom. The first-order chi connectivity index (χ1) is 10.8. The van der Waals surface area contributed by atoms with E-state index >= 15 is 0 Å². The van der Waals surface area contributed by atoms with E-state index in [9.17, 15) is 22.0 Å². The minimum Gasteiger partial charge on any atom is -0.379 e. The van der Waals surface area contributed by atoms with E-state index in [1.807, 2.05) is 5.32 Å². The van der Waals surface area contributed by atoms with Crippen LogP contribution >= 0.6 is 11.3 Å². The SMILES string of the molecule is NCC(F)(F)CNC(=O)c1sccc1S(=O)(=O)N1CCOCC1. The van der Waals surface area contributed by atoms with Gasteiger partial charge in [0.15, 0.2) is 0 Å². The van der Waals surface area contributed by atoms with Gasteiger partial charge in [-0.15, -0.1) is 11.3 Å². The number of carbonyl (C=O) groups excluding carboxylic acids is 1. The van der Waals surface area contributed by atoms with E-state index in [2.05, 4.69) is 0 Å². The number of hydrogen-bond acceptors (Lipinski definition) is 6. The molecule has 0 saturated carbocycles. The highest BCUT2D eigenvalue weighted by atomic mass is 32.2. The number of morpholine rings is 1. The summed E-state index contributed by atoms with van der Waals surface area (Å²) >= 11 is 0.881. The number of nitrogens with one attached hydrogen (secondary N) is 1. The fourth-order valence-corrected chi connectivity index (χ4v) is 4.68. The van der Waals surface area contributed by atoms with Crippen molar-refractivity contribution in [2.45, 2.75) is 10.8 Å². The molecule has 7 nitrogen and oxygen atoms in total. The maximum absolute atomic E-state index is 13.1. The van der Waals surface area contributed by atoms with Crippen molar-refractivity contribution in [2.75, 3.05) is 39.4 Å². The Morgan fingerprint density at radius 2 is 2.09 bits per heavy atom. The van der Waals surface area contributed by atoms with E-state index in [4.69, 9.17) is 10.5 Å². The molecule has 23 heavy (non-hydrogen) atoms. The standard InChI is InChI=1S/C12H17F2N3O4S2/c13-12(14,7-15)8-16-11(18)10-9(1-6-22-10)23(19,20)17-2-4-21-5-3-17/h1,6H,2-5,7-8,15H2,(H,16,18). The van der Waals surface area contributed by atoms with E-state index in [1.165, 1.54) is 15.8 Å². The third-order valence-electron chi connectivity index (χ3n) is 3.23. The minimum absolute atomic E-state index is 0.121. The Balaban J connectivity index is 2.17. The van der Waals surface area contributed by atoms with Gasteiger partial charge in [-0.1, -0.05) is 0 Å². The molecule has 130 valence electrons. The van der Waals surface area contributed by atoms with Crippen LogP contribution in [0.1, 0.15) is 9.67 Å². The molecule has 3 N–H and O–H groups in total. The number of alkyl halides is 2. The molecule has 0 atom stereocenters. The number of nitrogens with two attached hydrogens (primary N) is 1. The summed E-state index contributed by atoms with van der Waals surface area (Å²) in [5, 5.41) is 3.46. The molecule has 1 fully saturated rings. The summed E-state index contributed by atoms with van der Waals surface area (Å²) in [4.78, 5) is 11.7. The second-order valence-electron chi connectivity index (χ2n) is 4.87. The van der Waals surface area contributed by atoms with Crippen LogP contribution in [0.2, 0.25) is 0 Å². The number of nitrogens with zero attached hydrogens (tertiary/aromatic N) is 1. The molecule has 2 heterocycles. The fraction of sp³-hybridized carbons (Fsp3) is 0.583. The summed E-state index contributed by atoms with van der Waals surface area (Å²) in [6.07, 6.45) is 0. The number of ether oxygens (including phenoxy) is 1. The van der Waals surface area contributed by atoms with Crippen molar-refractivity contribution in [1.82, 2.24) is 9.62 Å². The van der Waals surface area contributed by atoms with Gasteiger partial charge >= 0.3 is 0 Å². The molecule has 1 aromatic rings. The van der Waals surface area contributed by atoms with Crippen LogP contribution in [0.5, 0.6) is 0 Å². The first-order valence-electron chi connectivity index (χ1n) is 6.79. The molecular weight excluding hydrogens is 352 g/mol. The zero-order valence-corrected chi connectivity index (χ0v) is 13.8. The largest absolute Gasteiger partial charge is 0.379 e. The number of hydrogen-bond donors (Lipinski definition) is 2. The van der Waals surface area contributed by atoms with E-state index in [0.29, 0.717) is 0 Å². The van der Waals surface area contributed by atoms with E-state index in [-0.39, 0.29) is 36.1 Å². The summed E-state index contributed by atoms with van der Waals surface area (Å²) in [5.74, 6) is -4.10. The van der Waals surface area contributed by atoms with Crippen LogP contribution in [0.15, 0.2) is 16.3 Å². The Hall–Kier alpha value is -1.14. The lowest BCUT2D eigenvalue weighted by molar-refractivity contribution is 0.0119. The molecule has 0 bridgehead atoms. The molecule has 0 aromatic carbocycles. The smallest absolute Gasteiger partial charge is 0.277 e. The van der Waals surface area contributed by atoms with Crippen LogP contribution in [-0.4, -0.2) is 63.9 Å². The van der Waals surface area contributed by atoms with Crippen LogP contribution < -0.4 is 11.1 Å². The molecule has 11 heteroatoms. The third-order valence-corrected chi connectivity index (χ3v) is 6.21. The van der Waals surface area contributed by atoms with E-state index in [1.54, 1.807) is 0 Å². The molecule has 0 radical (unpaired) electrons. The van der Waals surface area contributed by atoms with Crippen LogP contribution in [-0.2, 0) is 14.8 Å². The number of carbonyl (C=O) groups is 1. The highest BCUT2D eigenvalue weighted by Gasteiger charge is 2.33. The second-order valence-corrected chi connectivity index (χ2v) is 7.70. The van der Waals surface area contributed by atoms with Gasteiger partial charge in [0.05, 0.1) is 26.3 Å². The Labute approximate surface area is 136 Å². The Kier molecular flexibility index (Phi) is 5.68. The van der Waals surface area contributed by atoms with Crippen molar-refractivity contribution in [2.24, 2.45) is 5.73 Å². The number of halogens is 2. The van der Waals surface area contributed by atoms with Crippen molar-refractivity contribution >= 4 is 27.3 Å². The number of thiophene rings is 1. The molecule has 1 saturated heterocycles. The van der Waals surface area contributed by atoms with Gasteiger partial charge in [0.2, 0.25) is 10.0 Å². The first-order valence-corrected chi connectivity index (χ1v) is 9.11. The summed E-state index contributed by atoms with van der Waals surface area (Å²) in [7, 11) is -3.86. The molecule has 0 spiro atoms. The van der Waals surface area contributed by atoms with Gasteiger partial charge in [-0.2, -0.15) is 4.31 Å². The normalized spacial score (nSPS) is 17.2. The summed E-state index contributed by atoms with van der Waals surface area (Å²) < 4.78 is 57.6. The first kappa shape index (κ1) is 18.2. The van der Waals surface area contributed by atoms with Crippen molar-refractivity contribution < 1.29 is 26.7 Å². The van der Waals surface area contributed by atoms with Gasteiger partial charge in [0.1, 0.15) is 9.77 Å². The molecule has 0 unspecified atom stereocenters. The number of rotatable bonds is 6.